The smallest absolute Gasteiger partial charge is 0.245 e. The molecule has 2 fully saturated rings. The van der Waals surface area contributed by atoms with Crippen molar-refractivity contribution < 1.29 is 9.15 Å². The predicted molar refractivity (Wildman–Crippen MR) is 52.2 cm³/mol. The molecule has 5 nitrogen and oxygen atoms in total. The van der Waals surface area contributed by atoms with Crippen molar-refractivity contribution in [3.05, 3.63) is 11.8 Å². The first-order valence-electron chi connectivity index (χ1n) is 5.62. The molecule has 0 saturated carbocycles. The van der Waals surface area contributed by atoms with E-state index in [1.165, 1.54) is 6.42 Å². The number of nitrogens with one attached hydrogen (secondary N) is 1. The number of rotatable bonds is 2. The Morgan fingerprint density at radius 1 is 1.13 bits per heavy atom. The van der Waals surface area contributed by atoms with E-state index in [0.717, 1.165) is 38.3 Å². The van der Waals surface area contributed by atoms with Crippen LogP contribution in [-0.2, 0) is 4.74 Å². The van der Waals surface area contributed by atoms with Gasteiger partial charge in [0.05, 0.1) is 6.04 Å². The Morgan fingerprint density at radius 3 is 2.80 bits per heavy atom. The van der Waals surface area contributed by atoms with Gasteiger partial charge in [-0.1, -0.05) is 0 Å². The number of aromatic nitrogens is 2. The molecule has 1 aromatic heterocycles. The monoisotopic (exact) mass is 209 g/mol. The van der Waals surface area contributed by atoms with Crippen LogP contribution in [0.5, 0.6) is 0 Å². The summed E-state index contributed by atoms with van der Waals surface area (Å²) in [7, 11) is 0. The summed E-state index contributed by atoms with van der Waals surface area (Å²) in [5.74, 6) is 1.37. The number of nitrogens with zero attached hydrogens (tertiary/aromatic N) is 2. The highest BCUT2D eigenvalue weighted by Gasteiger charge is 2.27. The third-order valence-electron chi connectivity index (χ3n) is 3.02. The van der Waals surface area contributed by atoms with Crippen LogP contribution in [0.1, 0.15) is 49.6 Å². The molecule has 3 rings (SSSR count). The Bertz CT molecular complexity index is 297. The topological polar surface area (TPSA) is 60.2 Å². The molecule has 82 valence electrons. The van der Waals surface area contributed by atoms with E-state index in [9.17, 15) is 0 Å². The maximum atomic E-state index is 5.64. The minimum Gasteiger partial charge on any atom is -0.421 e. The summed E-state index contributed by atoms with van der Waals surface area (Å²) in [5, 5.41) is 11.5. The van der Waals surface area contributed by atoms with E-state index in [2.05, 4.69) is 15.5 Å². The zero-order chi connectivity index (χ0) is 10.1. The third kappa shape index (κ3) is 1.77. The van der Waals surface area contributed by atoms with Crippen molar-refractivity contribution in [1.29, 1.82) is 0 Å². The molecule has 2 aliphatic heterocycles. The molecule has 2 aliphatic rings. The molecule has 5 heteroatoms. The molecule has 2 atom stereocenters. The standard InChI is InChI=1S/C10H15N3O2/c1-3-7(11-5-1)9-12-13-10(15-9)8-4-2-6-14-8/h7-8,11H,1-6H2. The maximum absolute atomic E-state index is 5.64. The van der Waals surface area contributed by atoms with Crippen LogP contribution in [0.4, 0.5) is 0 Å². The summed E-state index contributed by atoms with van der Waals surface area (Å²) in [6.45, 7) is 1.85. The average molecular weight is 209 g/mol. The van der Waals surface area contributed by atoms with Gasteiger partial charge >= 0.3 is 0 Å². The molecule has 1 N–H and O–H groups in total. The van der Waals surface area contributed by atoms with Crippen molar-refractivity contribution in [2.45, 2.75) is 37.8 Å². The van der Waals surface area contributed by atoms with Gasteiger partial charge in [0.2, 0.25) is 11.8 Å². The summed E-state index contributed by atoms with van der Waals surface area (Å²) in [6.07, 6.45) is 4.40. The zero-order valence-corrected chi connectivity index (χ0v) is 8.61. The number of ether oxygens (including phenoxy) is 1. The summed E-state index contributed by atoms with van der Waals surface area (Å²) in [6, 6.07) is 0.257. The van der Waals surface area contributed by atoms with Crippen LogP contribution in [0.3, 0.4) is 0 Å². The first-order valence-corrected chi connectivity index (χ1v) is 5.62. The van der Waals surface area contributed by atoms with Gasteiger partial charge in [0.1, 0.15) is 6.10 Å². The van der Waals surface area contributed by atoms with E-state index in [0.29, 0.717) is 5.89 Å². The first kappa shape index (κ1) is 9.30. The fraction of sp³-hybridized carbons (Fsp3) is 0.800. The van der Waals surface area contributed by atoms with Crippen LogP contribution in [0.15, 0.2) is 4.42 Å². The fourth-order valence-electron chi connectivity index (χ4n) is 2.19. The maximum Gasteiger partial charge on any atom is 0.245 e. The van der Waals surface area contributed by atoms with Crippen molar-refractivity contribution >= 4 is 0 Å². The van der Waals surface area contributed by atoms with E-state index < -0.39 is 0 Å². The number of hydrogen-bond donors (Lipinski definition) is 1. The van der Waals surface area contributed by atoms with Gasteiger partial charge in [-0.05, 0) is 32.2 Å². The lowest BCUT2D eigenvalue weighted by atomic mass is 10.2. The molecule has 2 saturated heterocycles. The highest BCUT2D eigenvalue weighted by Crippen LogP contribution is 2.29. The van der Waals surface area contributed by atoms with Crippen LogP contribution in [0.25, 0.3) is 0 Å². The van der Waals surface area contributed by atoms with Crippen LogP contribution >= 0.6 is 0 Å². The molecule has 3 heterocycles. The quantitative estimate of drug-likeness (QED) is 0.796. The predicted octanol–water partition coefficient (Wildman–Crippen LogP) is 1.35. The lowest BCUT2D eigenvalue weighted by Crippen LogP contribution is -2.13. The van der Waals surface area contributed by atoms with Gasteiger partial charge in [-0.3, -0.25) is 0 Å². The molecule has 0 amide bonds. The Labute approximate surface area is 88.2 Å². The highest BCUT2D eigenvalue weighted by atomic mass is 16.5. The molecular weight excluding hydrogens is 194 g/mol. The zero-order valence-electron chi connectivity index (χ0n) is 8.61. The van der Waals surface area contributed by atoms with Crippen molar-refractivity contribution in [2.75, 3.05) is 13.2 Å². The normalized spacial score (nSPS) is 31.2. The highest BCUT2D eigenvalue weighted by molar-refractivity contribution is 4.95. The summed E-state index contributed by atoms with van der Waals surface area (Å²) in [4.78, 5) is 0. The molecule has 2 unspecified atom stereocenters. The van der Waals surface area contributed by atoms with E-state index in [4.69, 9.17) is 9.15 Å². The molecular formula is C10H15N3O2. The molecule has 0 spiro atoms. The molecule has 15 heavy (non-hydrogen) atoms. The van der Waals surface area contributed by atoms with Gasteiger partial charge in [0.15, 0.2) is 0 Å². The van der Waals surface area contributed by atoms with Crippen LogP contribution in [-0.4, -0.2) is 23.3 Å². The Hall–Kier alpha value is -0.940. The second-order valence-corrected chi connectivity index (χ2v) is 4.13. The lowest BCUT2D eigenvalue weighted by Gasteiger charge is -2.04. The summed E-state index contributed by atoms with van der Waals surface area (Å²) >= 11 is 0. The van der Waals surface area contributed by atoms with Gasteiger partial charge < -0.3 is 14.5 Å². The summed E-state index contributed by atoms with van der Waals surface area (Å²) in [5.41, 5.74) is 0. The van der Waals surface area contributed by atoms with Gasteiger partial charge in [0, 0.05) is 6.61 Å². The fourth-order valence-corrected chi connectivity index (χ4v) is 2.19. The molecule has 0 radical (unpaired) electrons. The second kappa shape index (κ2) is 3.90. The van der Waals surface area contributed by atoms with Gasteiger partial charge in [-0.2, -0.15) is 0 Å². The lowest BCUT2D eigenvalue weighted by molar-refractivity contribution is 0.0875. The molecule has 0 bridgehead atoms. The van der Waals surface area contributed by atoms with Gasteiger partial charge in [0.25, 0.3) is 0 Å². The first-order chi connectivity index (χ1) is 7.43. The Kier molecular flexibility index (Phi) is 2.42. The van der Waals surface area contributed by atoms with Gasteiger partial charge in [-0.15, -0.1) is 10.2 Å². The van der Waals surface area contributed by atoms with Crippen molar-refractivity contribution in [1.82, 2.24) is 15.5 Å². The van der Waals surface area contributed by atoms with E-state index in [1.54, 1.807) is 0 Å². The van der Waals surface area contributed by atoms with Crippen molar-refractivity contribution in [3.63, 3.8) is 0 Å². The van der Waals surface area contributed by atoms with Crippen molar-refractivity contribution in [2.24, 2.45) is 0 Å². The third-order valence-corrected chi connectivity index (χ3v) is 3.02. The van der Waals surface area contributed by atoms with E-state index >= 15 is 0 Å². The Balaban J connectivity index is 1.74. The van der Waals surface area contributed by atoms with Crippen molar-refractivity contribution in [3.8, 4) is 0 Å². The largest absolute Gasteiger partial charge is 0.421 e. The Morgan fingerprint density at radius 2 is 2.07 bits per heavy atom. The molecule has 1 aromatic rings. The molecule has 0 aromatic carbocycles. The summed E-state index contributed by atoms with van der Waals surface area (Å²) < 4.78 is 11.1. The minimum absolute atomic E-state index is 0.0349. The number of hydrogen-bond acceptors (Lipinski definition) is 5. The molecule has 0 aliphatic carbocycles. The second-order valence-electron chi connectivity index (χ2n) is 4.13. The van der Waals surface area contributed by atoms with E-state index in [-0.39, 0.29) is 12.1 Å². The minimum atomic E-state index is 0.0349. The average Bonchev–Trinajstić information content (AvgIpc) is 3.02. The van der Waals surface area contributed by atoms with Gasteiger partial charge in [-0.25, -0.2) is 0 Å². The van der Waals surface area contributed by atoms with Crippen LogP contribution in [0.2, 0.25) is 0 Å². The SMILES string of the molecule is C1CNC(c2nnc(C3CCCO3)o2)C1. The van der Waals surface area contributed by atoms with Crippen LogP contribution < -0.4 is 5.32 Å². The van der Waals surface area contributed by atoms with Crippen LogP contribution in [0, 0.1) is 0 Å². The van der Waals surface area contributed by atoms with E-state index in [1.807, 2.05) is 0 Å².